The molecule has 0 aliphatic carbocycles. The summed E-state index contributed by atoms with van der Waals surface area (Å²) in [6.45, 7) is 5.41. The maximum absolute atomic E-state index is 6.02. The summed E-state index contributed by atoms with van der Waals surface area (Å²) in [7, 11) is 1.70. The molecule has 0 aliphatic rings. The summed E-state index contributed by atoms with van der Waals surface area (Å²) in [5, 5.41) is 7.41. The molecule has 2 N–H and O–H groups in total. The molecule has 0 saturated heterocycles. The molecule has 4 nitrogen and oxygen atoms in total. The number of hydrogen-bond donors (Lipinski definition) is 2. The van der Waals surface area contributed by atoms with Gasteiger partial charge in [0.25, 0.3) is 0 Å². The molecule has 5 heteroatoms. The van der Waals surface area contributed by atoms with Crippen LogP contribution in [0.2, 0.25) is 5.02 Å². The summed E-state index contributed by atoms with van der Waals surface area (Å²) in [6, 6.07) is 2.32. The Morgan fingerprint density at radius 3 is 3.06 bits per heavy atom. The van der Waals surface area contributed by atoms with Gasteiger partial charge in [0.2, 0.25) is 0 Å². The van der Waals surface area contributed by atoms with Crippen molar-refractivity contribution in [3.05, 3.63) is 29.0 Å². The first-order valence-corrected chi connectivity index (χ1v) is 6.13. The van der Waals surface area contributed by atoms with E-state index in [0.29, 0.717) is 11.1 Å². The molecular formula is C12H20ClN3O. The molecular weight excluding hydrogens is 238 g/mol. The Labute approximate surface area is 108 Å². The Kier molecular flexibility index (Phi) is 7.12. The normalized spacial score (nSPS) is 12.6. The minimum atomic E-state index is 0.385. The van der Waals surface area contributed by atoms with E-state index in [1.165, 1.54) is 0 Å². The molecule has 1 aromatic heterocycles. The molecule has 1 heterocycles. The van der Waals surface area contributed by atoms with Gasteiger partial charge < -0.3 is 15.4 Å². The maximum atomic E-state index is 6.02. The second kappa shape index (κ2) is 8.42. The fourth-order valence-corrected chi connectivity index (χ4v) is 1.58. The minimum Gasteiger partial charge on any atom is -0.383 e. The summed E-state index contributed by atoms with van der Waals surface area (Å²) in [5.74, 6) is 0. The van der Waals surface area contributed by atoms with Crippen molar-refractivity contribution in [1.29, 1.82) is 0 Å². The maximum Gasteiger partial charge on any atom is 0.0634 e. The largest absolute Gasteiger partial charge is 0.383 e. The number of aromatic nitrogens is 1. The van der Waals surface area contributed by atoms with Gasteiger partial charge in [-0.2, -0.15) is 0 Å². The number of hydrogen-bond acceptors (Lipinski definition) is 4. The van der Waals surface area contributed by atoms with Gasteiger partial charge in [-0.15, -0.1) is 0 Å². The Morgan fingerprint density at radius 2 is 2.35 bits per heavy atom. The molecule has 1 unspecified atom stereocenters. The van der Waals surface area contributed by atoms with Crippen molar-refractivity contribution >= 4 is 11.6 Å². The van der Waals surface area contributed by atoms with Crippen LogP contribution in [0.15, 0.2) is 18.5 Å². The summed E-state index contributed by atoms with van der Waals surface area (Å²) in [6.07, 6.45) is 3.42. The fourth-order valence-electron chi connectivity index (χ4n) is 1.40. The summed E-state index contributed by atoms with van der Waals surface area (Å²) < 4.78 is 4.96. The number of halogens is 1. The zero-order valence-electron chi connectivity index (χ0n) is 10.4. The third-order valence-corrected chi connectivity index (χ3v) is 2.77. The number of rotatable bonds is 8. The van der Waals surface area contributed by atoms with E-state index < -0.39 is 0 Å². The highest BCUT2D eigenvalue weighted by Gasteiger charge is 2.03. The first-order chi connectivity index (χ1) is 8.24. The van der Waals surface area contributed by atoms with Crippen molar-refractivity contribution in [3.8, 4) is 0 Å². The van der Waals surface area contributed by atoms with Crippen LogP contribution in [0.25, 0.3) is 0 Å². The highest BCUT2D eigenvalue weighted by atomic mass is 35.5. The molecule has 0 fully saturated rings. The monoisotopic (exact) mass is 257 g/mol. The van der Waals surface area contributed by atoms with E-state index in [2.05, 4.69) is 22.5 Å². The molecule has 96 valence electrons. The van der Waals surface area contributed by atoms with Gasteiger partial charge in [-0.05, 0) is 18.6 Å². The first kappa shape index (κ1) is 14.4. The van der Waals surface area contributed by atoms with Gasteiger partial charge in [-0.1, -0.05) is 11.6 Å². The van der Waals surface area contributed by atoms with Gasteiger partial charge in [0.15, 0.2) is 0 Å². The summed E-state index contributed by atoms with van der Waals surface area (Å²) in [4.78, 5) is 3.96. The quantitative estimate of drug-likeness (QED) is 0.692. The van der Waals surface area contributed by atoms with Gasteiger partial charge in [-0.25, -0.2) is 0 Å². The predicted molar refractivity (Wildman–Crippen MR) is 70.3 cm³/mol. The van der Waals surface area contributed by atoms with Crippen molar-refractivity contribution in [3.63, 3.8) is 0 Å². The minimum absolute atomic E-state index is 0.385. The number of nitrogens with zero attached hydrogens (tertiary/aromatic N) is 1. The smallest absolute Gasteiger partial charge is 0.0634 e. The number of nitrogens with one attached hydrogen (secondary N) is 2. The van der Waals surface area contributed by atoms with Crippen LogP contribution in [0.5, 0.6) is 0 Å². The topological polar surface area (TPSA) is 46.2 Å². The van der Waals surface area contributed by atoms with Crippen LogP contribution in [-0.4, -0.2) is 37.8 Å². The van der Waals surface area contributed by atoms with Gasteiger partial charge in [0.05, 0.1) is 11.6 Å². The van der Waals surface area contributed by atoms with E-state index in [1.54, 1.807) is 19.5 Å². The SMILES string of the molecule is COCCNCC(C)NCc1ccncc1Cl. The van der Waals surface area contributed by atoms with E-state index in [-0.39, 0.29) is 0 Å². The van der Waals surface area contributed by atoms with Crippen molar-refractivity contribution in [2.45, 2.75) is 19.5 Å². The van der Waals surface area contributed by atoms with Crippen molar-refractivity contribution in [2.24, 2.45) is 0 Å². The molecule has 0 bridgehead atoms. The van der Waals surface area contributed by atoms with E-state index in [0.717, 1.165) is 31.8 Å². The van der Waals surface area contributed by atoms with Crippen LogP contribution < -0.4 is 10.6 Å². The van der Waals surface area contributed by atoms with E-state index >= 15 is 0 Å². The summed E-state index contributed by atoms with van der Waals surface area (Å²) >= 11 is 6.02. The second-order valence-corrected chi connectivity index (χ2v) is 4.35. The number of pyridine rings is 1. The molecule has 0 aliphatic heterocycles. The zero-order chi connectivity index (χ0) is 12.5. The van der Waals surface area contributed by atoms with E-state index in [9.17, 15) is 0 Å². The van der Waals surface area contributed by atoms with Crippen molar-refractivity contribution in [2.75, 3.05) is 26.8 Å². The fraction of sp³-hybridized carbons (Fsp3) is 0.583. The molecule has 1 aromatic rings. The Hall–Kier alpha value is -0.680. The Morgan fingerprint density at radius 1 is 1.53 bits per heavy atom. The second-order valence-electron chi connectivity index (χ2n) is 3.95. The lowest BCUT2D eigenvalue weighted by Crippen LogP contribution is -2.37. The van der Waals surface area contributed by atoms with Crippen LogP contribution in [-0.2, 0) is 11.3 Å². The van der Waals surface area contributed by atoms with Crippen molar-refractivity contribution in [1.82, 2.24) is 15.6 Å². The van der Waals surface area contributed by atoms with Crippen LogP contribution in [0.1, 0.15) is 12.5 Å². The van der Waals surface area contributed by atoms with Crippen LogP contribution in [0.3, 0.4) is 0 Å². The highest BCUT2D eigenvalue weighted by Crippen LogP contribution is 2.12. The first-order valence-electron chi connectivity index (χ1n) is 5.75. The van der Waals surface area contributed by atoms with Crippen LogP contribution in [0, 0.1) is 0 Å². The number of ether oxygens (including phenoxy) is 1. The number of methoxy groups -OCH3 is 1. The highest BCUT2D eigenvalue weighted by molar-refractivity contribution is 6.31. The van der Waals surface area contributed by atoms with Gasteiger partial charge >= 0.3 is 0 Å². The third-order valence-electron chi connectivity index (χ3n) is 2.43. The molecule has 0 saturated carbocycles. The lowest BCUT2D eigenvalue weighted by atomic mass is 10.2. The van der Waals surface area contributed by atoms with Crippen molar-refractivity contribution < 1.29 is 4.74 Å². The zero-order valence-corrected chi connectivity index (χ0v) is 11.1. The molecule has 17 heavy (non-hydrogen) atoms. The van der Waals surface area contributed by atoms with Crippen LogP contribution >= 0.6 is 11.6 Å². The molecule has 0 amide bonds. The molecule has 1 atom stereocenters. The van der Waals surface area contributed by atoms with Gasteiger partial charge in [-0.3, -0.25) is 4.98 Å². The lowest BCUT2D eigenvalue weighted by molar-refractivity contribution is 0.198. The van der Waals surface area contributed by atoms with E-state index in [4.69, 9.17) is 16.3 Å². The predicted octanol–water partition coefficient (Wildman–Crippen LogP) is 1.45. The lowest BCUT2D eigenvalue weighted by Gasteiger charge is -2.15. The third kappa shape index (κ3) is 5.98. The molecule has 0 aromatic carbocycles. The van der Waals surface area contributed by atoms with Crippen LogP contribution in [0.4, 0.5) is 0 Å². The average molecular weight is 258 g/mol. The van der Waals surface area contributed by atoms with Gasteiger partial charge in [0.1, 0.15) is 0 Å². The average Bonchev–Trinajstić information content (AvgIpc) is 2.34. The molecule has 1 rings (SSSR count). The molecule has 0 spiro atoms. The Bertz CT molecular complexity index is 322. The standard InChI is InChI=1S/C12H20ClN3O/c1-10(7-15-5-6-17-2)16-8-11-3-4-14-9-12(11)13/h3-4,9-10,15-16H,5-8H2,1-2H3. The summed E-state index contributed by atoms with van der Waals surface area (Å²) in [5.41, 5.74) is 1.07. The molecule has 0 radical (unpaired) electrons. The Balaban J connectivity index is 2.19. The van der Waals surface area contributed by atoms with Gasteiger partial charge in [0, 0.05) is 45.2 Å². The van der Waals surface area contributed by atoms with E-state index in [1.807, 2.05) is 6.07 Å².